The minimum atomic E-state index is -0.660. The first-order chi connectivity index (χ1) is 13.0. The number of ether oxygens (including phenoxy) is 1. The summed E-state index contributed by atoms with van der Waals surface area (Å²) in [6, 6.07) is 18.2. The summed E-state index contributed by atoms with van der Waals surface area (Å²) in [6.45, 7) is 4.55. The van der Waals surface area contributed by atoms with Crippen molar-refractivity contribution in [1.29, 1.82) is 0 Å². The van der Waals surface area contributed by atoms with E-state index < -0.39 is 18.1 Å². The number of benzene rings is 2. The van der Waals surface area contributed by atoms with Crippen LogP contribution in [0.2, 0.25) is 0 Å². The Morgan fingerprint density at radius 1 is 0.963 bits per heavy atom. The zero-order valence-corrected chi connectivity index (χ0v) is 16.1. The Kier molecular flexibility index (Phi) is 8.01. The van der Waals surface area contributed by atoms with Gasteiger partial charge in [0.1, 0.15) is 12.1 Å². The summed E-state index contributed by atoms with van der Waals surface area (Å²) in [5, 5.41) is 6.16. The molecule has 5 nitrogen and oxygen atoms in total. The maximum Gasteiger partial charge on any atom is 0.328 e. The van der Waals surface area contributed by atoms with Crippen LogP contribution in [0.5, 0.6) is 0 Å². The molecule has 0 aliphatic heterocycles. The first-order valence-electron chi connectivity index (χ1n) is 9.21. The third-order valence-electron chi connectivity index (χ3n) is 4.26. The summed E-state index contributed by atoms with van der Waals surface area (Å²) in [4.78, 5) is 25.1. The lowest BCUT2D eigenvalue weighted by Gasteiger charge is -2.23. The van der Waals surface area contributed by atoms with Gasteiger partial charge in [0.25, 0.3) is 0 Å². The Bertz CT molecular complexity index is 717. The fraction of sp³-hybridized carbons (Fsp3) is 0.364. The van der Waals surface area contributed by atoms with Gasteiger partial charge in [0.05, 0.1) is 7.11 Å². The minimum Gasteiger partial charge on any atom is -0.467 e. The van der Waals surface area contributed by atoms with Gasteiger partial charge in [-0.05, 0) is 23.5 Å². The number of rotatable bonds is 9. The maximum atomic E-state index is 13.0. The fourth-order valence-corrected chi connectivity index (χ4v) is 2.91. The minimum absolute atomic E-state index is 0.242. The molecule has 2 atom stereocenters. The van der Waals surface area contributed by atoms with Crippen molar-refractivity contribution < 1.29 is 14.3 Å². The molecule has 0 bridgehead atoms. The van der Waals surface area contributed by atoms with E-state index in [-0.39, 0.29) is 11.8 Å². The molecule has 0 aromatic heterocycles. The van der Waals surface area contributed by atoms with Crippen LogP contribution in [0.4, 0.5) is 0 Å². The van der Waals surface area contributed by atoms with Crippen molar-refractivity contribution in [2.75, 3.05) is 7.11 Å². The molecule has 2 aromatic rings. The molecule has 2 rings (SSSR count). The van der Waals surface area contributed by atoms with E-state index in [1.165, 1.54) is 7.11 Å². The van der Waals surface area contributed by atoms with Crippen LogP contribution in [0.3, 0.4) is 0 Å². The summed E-state index contributed by atoms with van der Waals surface area (Å²) in [6.07, 6.45) is 0.526. The second-order valence-electron chi connectivity index (χ2n) is 6.92. The molecule has 0 saturated heterocycles. The molecule has 5 heteroatoms. The van der Waals surface area contributed by atoms with Gasteiger partial charge in [0, 0.05) is 6.54 Å². The Morgan fingerprint density at radius 3 is 2.11 bits per heavy atom. The zero-order chi connectivity index (χ0) is 19.6. The van der Waals surface area contributed by atoms with E-state index in [4.69, 9.17) is 4.74 Å². The molecule has 0 saturated carbocycles. The van der Waals surface area contributed by atoms with Crippen LogP contribution >= 0.6 is 0 Å². The Balaban J connectivity index is 2.15. The second kappa shape index (κ2) is 10.5. The Hall–Kier alpha value is -2.66. The molecule has 0 heterocycles. The predicted molar refractivity (Wildman–Crippen MR) is 106 cm³/mol. The van der Waals surface area contributed by atoms with E-state index in [0.717, 1.165) is 11.1 Å². The lowest BCUT2D eigenvalue weighted by molar-refractivity contribution is -0.145. The number of carbonyl (C=O) groups excluding carboxylic acids is 2. The maximum absolute atomic E-state index is 13.0. The van der Waals surface area contributed by atoms with E-state index in [2.05, 4.69) is 10.6 Å². The normalized spacial score (nSPS) is 13.0. The van der Waals surface area contributed by atoms with Crippen LogP contribution in [-0.4, -0.2) is 25.0 Å². The average Bonchev–Trinajstić information content (AvgIpc) is 2.68. The quantitative estimate of drug-likeness (QED) is 0.667. The van der Waals surface area contributed by atoms with Gasteiger partial charge in [-0.3, -0.25) is 10.1 Å². The number of amides is 1. The van der Waals surface area contributed by atoms with E-state index in [9.17, 15) is 9.59 Å². The van der Waals surface area contributed by atoms with Crippen LogP contribution in [0, 0.1) is 5.92 Å². The standard InChI is InChI=1S/C22H28N2O3/c1-16(2)14-19(22(26)27-3)24-21(25)20(18-12-8-5-9-13-18)23-15-17-10-6-4-7-11-17/h4-13,16,19-20,23H,14-15H2,1-3H3,(H,24,25)/t19-,20+/m0/s1. The Labute approximate surface area is 161 Å². The smallest absolute Gasteiger partial charge is 0.328 e. The molecule has 2 aromatic carbocycles. The van der Waals surface area contributed by atoms with Gasteiger partial charge in [-0.2, -0.15) is 0 Å². The summed E-state index contributed by atoms with van der Waals surface area (Å²) in [7, 11) is 1.34. The summed E-state index contributed by atoms with van der Waals surface area (Å²) in [5.74, 6) is -0.415. The van der Waals surface area contributed by atoms with E-state index in [1.807, 2.05) is 74.5 Å². The predicted octanol–water partition coefficient (Wildman–Crippen LogP) is 3.22. The van der Waals surface area contributed by atoms with Crippen molar-refractivity contribution in [1.82, 2.24) is 10.6 Å². The molecular formula is C22H28N2O3. The van der Waals surface area contributed by atoms with Gasteiger partial charge in [-0.15, -0.1) is 0 Å². The van der Waals surface area contributed by atoms with Crippen molar-refractivity contribution in [3.8, 4) is 0 Å². The third kappa shape index (κ3) is 6.53. The molecule has 0 fully saturated rings. The lowest BCUT2D eigenvalue weighted by atomic mass is 10.0. The summed E-state index contributed by atoms with van der Waals surface area (Å²) in [5.41, 5.74) is 1.93. The summed E-state index contributed by atoms with van der Waals surface area (Å²) < 4.78 is 4.85. The van der Waals surface area contributed by atoms with Crippen molar-refractivity contribution in [3.05, 3.63) is 71.8 Å². The van der Waals surface area contributed by atoms with Gasteiger partial charge in [0.15, 0.2) is 0 Å². The van der Waals surface area contributed by atoms with Gasteiger partial charge in [-0.25, -0.2) is 4.79 Å². The Morgan fingerprint density at radius 2 is 1.56 bits per heavy atom. The number of esters is 1. The molecule has 0 unspecified atom stereocenters. The highest BCUT2D eigenvalue weighted by Gasteiger charge is 2.27. The highest BCUT2D eigenvalue weighted by molar-refractivity contribution is 5.88. The van der Waals surface area contributed by atoms with Crippen LogP contribution in [0.15, 0.2) is 60.7 Å². The highest BCUT2D eigenvalue weighted by atomic mass is 16.5. The lowest BCUT2D eigenvalue weighted by Crippen LogP contribution is -2.47. The van der Waals surface area contributed by atoms with Crippen molar-refractivity contribution in [2.24, 2.45) is 5.92 Å². The van der Waals surface area contributed by atoms with Crippen LogP contribution in [0.25, 0.3) is 0 Å². The largest absolute Gasteiger partial charge is 0.467 e. The molecule has 1 amide bonds. The molecule has 0 spiro atoms. The molecule has 144 valence electrons. The van der Waals surface area contributed by atoms with E-state index in [0.29, 0.717) is 13.0 Å². The van der Waals surface area contributed by atoms with Crippen molar-refractivity contribution in [3.63, 3.8) is 0 Å². The third-order valence-corrected chi connectivity index (χ3v) is 4.26. The van der Waals surface area contributed by atoms with Crippen molar-refractivity contribution in [2.45, 2.75) is 38.9 Å². The van der Waals surface area contributed by atoms with Gasteiger partial charge in [0.2, 0.25) is 5.91 Å². The van der Waals surface area contributed by atoms with E-state index >= 15 is 0 Å². The first-order valence-corrected chi connectivity index (χ1v) is 9.21. The van der Waals surface area contributed by atoms with E-state index in [1.54, 1.807) is 0 Å². The fourth-order valence-electron chi connectivity index (χ4n) is 2.91. The van der Waals surface area contributed by atoms with Crippen LogP contribution < -0.4 is 10.6 Å². The van der Waals surface area contributed by atoms with Gasteiger partial charge < -0.3 is 10.1 Å². The molecule has 0 radical (unpaired) electrons. The summed E-state index contributed by atoms with van der Waals surface area (Å²) >= 11 is 0. The topological polar surface area (TPSA) is 67.4 Å². The zero-order valence-electron chi connectivity index (χ0n) is 16.1. The van der Waals surface area contributed by atoms with Crippen LogP contribution in [-0.2, 0) is 20.9 Å². The number of nitrogens with one attached hydrogen (secondary N) is 2. The molecular weight excluding hydrogens is 340 g/mol. The average molecular weight is 368 g/mol. The number of methoxy groups -OCH3 is 1. The highest BCUT2D eigenvalue weighted by Crippen LogP contribution is 2.16. The van der Waals surface area contributed by atoms with Gasteiger partial charge in [-0.1, -0.05) is 74.5 Å². The number of carbonyl (C=O) groups is 2. The monoisotopic (exact) mass is 368 g/mol. The number of hydrogen-bond donors (Lipinski definition) is 2. The molecule has 27 heavy (non-hydrogen) atoms. The number of hydrogen-bond acceptors (Lipinski definition) is 4. The first kappa shape index (κ1) is 20.6. The molecule has 0 aliphatic carbocycles. The molecule has 0 aliphatic rings. The second-order valence-corrected chi connectivity index (χ2v) is 6.92. The van der Waals surface area contributed by atoms with Crippen molar-refractivity contribution >= 4 is 11.9 Å². The SMILES string of the molecule is COC(=O)[C@H](CC(C)C)NC(=O)[C@H](NCc1ccccc1)c1ccccc1. The van der Waals surface area contributed by atoms with Crippen LogP contribution in [0.1, 0.15) is 37.4 Å². The van der Waals surface area contributed by atoms with Gasteiger partial charge >= 0.3 is 5.97 Å². The molecule has 2 N–H and O–H groups in total.